The number of carbonyl (C=O) groups is 2. The first kappa shape index (κ1) is 31.6. The molecule has 3 amide bonds. The standard InChI is InChI=1S/C30H35F3N8O4/c1-19(2)41-28(43)40-13-4-14-44-23-11-5-20(6-12-23)15-34-25-37-26(39-27(38-25)45-18-30(31,32)33)36-22-9-7-21(8-10-22)24(42)35-16-29(41,3)17-40/h5-12,19H,4,13-18H2,1-3H3,(H,35,42)(H2,34,36,37,38,39). The highest BCUT2D eigenvalue weighted by Gasteiger charge is 2.47. The smallest absolute Gasteiger partial charge is 0.422 e. The van der Waals surface area contributed by atoms with Gasteiger partial charge in [-0.25, -0.2) is 4.79 Å². The van der Waals surface area contributed by atoms with Crippen molar-refractivity contribution < 1.29 is 32.2 Å². The van der Waals surface area contributed by atoms with E-state index in [-0.39, 0.29) is 43.0 Å². The topological polar surface area (TPSA) is 134 Å². The van der Waals surface area contributed by atoms with Crippen LogP contribution in [-0.4, -0.2) is 87.3 Å². The Morgan fingerprint density at radius 1 is 1.00 bits per heavy atom. The number of amides is 3. The lowest BCUT2D eigenvalue weighted by Gasteiger charge is -2.36. The minimum atomic E-state index is -4.58. The van der Waals surface area contributed by atoms with Crippen LogP contribution in [0.25, 0.3) is 0 Å². The number of nitrogens with one attached hydrogen (secondary N) is 3. The fourth-order valence-electron chi connectivity index (χ4n) is 5.34. The minimum absolute atomic E-state index is 0.00132. The van der Waals surface area contributed by atoms with E-state index in [1.54, 1.807) is 41.3 Å². The Morgan fingerprint density at radius 3 is 2.40 bits per heavy atom. The van der Waals surface area contributed by atoms with Crippen LogP contribution in [-0.2, 0) is 6.54 Å². The number of rotatable bonds is 3. The zero-order valence-electron chi connectivity index (χ0n) is 25.1. The van der Waals surface area contributed by atoms with E-state index in [1.165, 1.54) is 0 Å². The number of urea groups is 1. The van der Waals surface area contributed by atoms with Crippen molar-refractivity contribution >= 4 is 29.5 Å². The molecule has 1 fully saturated rings. The maximum Gasteiger partial charge on any atom is 0.422 e. The largest absolute Gasteiger partial charge is 0.494 e. The number of benzene rings is 2. The summed E-state index contributed by atoms with van der Waals surface area (Å²) in [6.07, 6.45) is -3.96. The Labute approximate surface area is 258 Å². The fraction of sp³-hybridized carbons (Fsp3) is 0.433. The summed E-state index contributed by atoms with van der Waals surface area (Å²) in [5, 5.41) is 8.87. The lowest BCUT2D eigenvalue weighted by Crippen LogP contribution is -2.55. The van der Waals surface area contributed by atoms with Gasteiger partial charge in [0.15, 0.2) is 6.61 Å². The van der Waals surface area contributed by atoms with E-state index in [0.717, 1.165) is 5.56 Å². The molecule has 12 nitrogen and oxygen atoms in total. The molecule has 2 aromatic carbocycles. The molecule has 0 radical (unpaired) electrons. The molecule has 1 unspecified atom stereocenters. The third-order valence-corrected chi connectivity index (χ3v) is 7.33. The van der Waals surface area contributed by atoms with Gasteiger partial charge in [-0.15, -0.1) is 0 Å². The fourth-order valence-corrected chi connectivity index (χ4v) is 5.34. The van der Waals surface area contributed by atoms with Gasteiger partial charge in [-0.1, -0.05) is 12.1 Å². The van der Waals surface area contributed by atoms with Crippen molar-refractivity contribution in [3.63, 3.8) is 0 Å². The van der Waals surface area contributed by atoms with Crippen LogP contribution in [0, 0.1) is 0 Å². The highest BCUT2D eigenvalue weighted by molar-refractivity contribution is 5.94. The molecule has 3 N–H and O–H groups in total. The summed E-state index contributed by atoms with van der Waals surface area (Å²) < 4.78 is 49.1. The molecule has 0 saturated carbocycles. The highest BCUT2D eigenvalue weighted by atomic mass is 19.4. The normalized spacial score (nSPS) is 19.4. The van der Waals surface area contributed by atoms with E-state index >= 15 is 0 Å². The number of nitrogens with zero attached hydrogens (tertiary/aromatic N) is 5. The molecule has 1 aromatic heterocycles. The average molecular weight is 629 g/mol. The Kier molecular flexibility index (Phi) is 9.16. The number of hydrogen-bond donors (Lipinski definition) is 3. The molecule has 5 aliphatic heterocycles. The Hall–Kier alpha value is -4.82. The monoisotopic (exact) mass is 628 g/mol. The summed E-state index contributed by atoms with van der Waals surface area (Å²) in [5.41, 5.74) is 1.08. The molecule has 15 heteroatoms. The van der Waals surface area contributed by atoms with Crippen LogP contribution >= 0.6 is 0 Å². The number of aromatic nitrogens is 3. The van der Waals surface area contributed by atoms with Crippen molar-refractivity contribution in [1.82, 2.24) is 30.1 Å². The molecule has 0 spiro atoms. The second-order valence-electron chi connectivity index (χ2n) is 11.4. The summed E-state index contributed by atoms with van der Waals surface area (Å²) in [6.45, 7) is 6.16. The predicted molar refractivity (Wildman–Crippen MR) is 160 cm³/mol. The maximum atomic E-state index is 13.3. The molecule has 1 atom stereocenters. The van der Waals surface area contributed by atoms with Crippen LogP contribution in [0.15, 0.2) is 48.5 Å². The number of hydrogen-bond acceptors (Lipinski definition) is 9. The van der Waals surface area contributed by atoms with E-state index < -0.39 is 24.3 Å². The van der Waals surface area contributed by atoms with E-state index in [9.17, 15) is 22.8 Å². The summed E-state index contributed by atoms with van der Waals surface area (Å²) in [4.78, 5) is 42.2. The molecule has 3 aromatic rings. The number of halogens is 3. The van der Waals surface area contributed by atoms with Gasteiger partial charge in [0, 0.05) is 43.5 Å². The van der Waals surface area contributed by atoms with Gasteiger partial charge < -0.3 is 35.2 Å². The molecular weight excluding hydrogens is 593 g/mol. The number of alkyl halides is 3. The summed E-state index contributed by atoms with van der Waals surface area (Å²) in [5.74, 6) is 0.272. The van der Waals surface area contributed by atoms with Gasteiger partial charge in [-0.2, -0.15) is 28.1 Å². The van der Waals surface area contributed by atoms with Crippen LogP contribution in [0.2, 0.25) is 0 Å². The molecule has 8 rings (SSSR count). The zero-order valence-corrected chi connectivity index (χ0v) is 25.1. The van der Waals surface area contributed by atoms with E-state index in [0.29, 0.717) is 43.1 Å². The van der Waals surface area contributed by atoms with Crippen molar-refractivity contribution in [1.29, 1.82) is 0 Å². The van der Waals surface area contributed by atoms with Crippen LogP contribution < -0.4 is 25.4 Å². The van der Waals surface area contributed by atoms with E-state index in [1.807, 2.05) is 37.8 Å². The van der Waals surface area contributed by atoms with Crippen LogP contribution in [0.5, 0.6) is 11.8 Å². The number of anilines is 3. The van der Waals surface area contributed by atoms with Gasteiger partial charge in [-0.3, -0.25) is 4.79 Å². The molecule has 8 bridgehead atoms. The van der Waals surface area contributed by atoms with Crippen molar-refractivity contribution in [2.45, 2.75) is 51.5 Å². The summed E-state index contributed by atoms with van der Waals surface area (Å²) >= 11 is 0. The zero-order chi connectivity index (χ0) is 32.2. The first-order valence-electron chi connectivity index (χ1n) is 14.5. The Morgan fingerprint density at radius 2 is 1.71 bits per heavy atom. The van der Waals surface area contributed by atoms with Gasteiger partial charge in [0.1, 0.15) is 5.75 Å². The maximum absolute atomic E-state index is 13.3. The van der Waals surface area contributed by atoms with Crippen LogP contribution in [0.3, 0.4) is 0 Å². The third kappa shape index (κ3) is 8.02. The van der Waals surface area contributed by atoms with E-state index in [2.05, 4.69) is 30.9 Å². The lowest BCUT2D eigenvalue weighted by atomic mass is 9.99. The number of carbonyl (C=O) groups excluding carboxylic acids is 2. The van der Waals surface area contributed by atoms with Crippen molar-refractivity contribution in [2.24, 2.45) is 0 Å². The van der Waals surface area contributed by atoms with Crippen LogP contribution in [0.1, 0.15) is 43.1 Å². The molecule has 1 saturated heterocycles. The van der Waals surface area contributed by atoms with Crippen LogP contribution in [0.4, 0.5) is 35.5 Å². The quantitative estimate of drug-likeness (QED) is 0.381. The SMILES string of the molecule is CC(C)N1C(=O)N2CCCOc3ccc(cc3)CNc3nc(nc(OCC(F)(F)F)n3)Nc3ccc(cc3)C(=O)NCC1(C)C2. The molecule has 240 valence electrons. The van der Waals surface area contributed by atoms with Crippen molar-refractivity contribution in [3.8, 4) is 11.8 Å². The predicted octanol–water partition coefficient (Wildman–Crippen LogP) is 4.59. The second-order valence-corrected chi connectivity index (χ2v) is 11.4. The molecule has 5 aliphatic rings. The second kappa shape index (κ2) is 13.0. The van der Waals surface area contributed by atoms with Crippen molar-refractivity contribution in [3.05, 3.63) is 59.7 Å². The van der Waals surface area contributed by atoms with E-state index in [4.69, 9.17) is 9.47 Å². The van der Waals surface area contributed by atoms with Gasteiger partial charge in [0.05, 0.1) is 12.1 Å². The highest BCUT2D eigenvalue weighted by Crippen LogP contribution is 2.29. The number of ether oxygens (including phenoxy) is 2. The Balaban J connectivity index is 1.40. The van der Waals surface area contributed by atoms with Gasteiger partial charge in [-0.05, 0) is 69.2 Å². The minimum Gasteiger partial charge on any atom is -0.494 e. The van der Waals surface area contributed by atoms with Crippen molar-refractivity contribution in [2.75, 3.05) is 43.5 Å². The average Bonchev–Trinajstić information content (AvgIpc) is 3.25. The van der Waals surface area contributed by atoms with Gasteiger partial charge >= 0.3 is 18.2 Å². The first-order valence-corrected chi connectivity index (χ1v) is 14.5. The lowest BCUT2D eigenvalue weighted by molar-refractivity contribution is -0.154. The first-order chi connectivity index (χ1) is 21.4. The summed E-state index contributed by atoms with van der Waals surface area (Å²) in [6, 6.07) is 13.1. The van der Waals surface area contributed by atoms with Gasteiger partial charge in [0.2, 0.25) is 11.9 Å². The molecular formula is C30H35F3N8O4. The Bertz CT molecular complexity index is 1500. The third-order valence-electron chi connectivity index (χ3n) is 7.33. The molecule has 0 aliphatic carbocycles. The molecule has 45 heavy (non-hydrogen) atoms. The van der Waals surface area contributed by atoms with Gasteiger partial charge in [0.25, 0.3) is 5.91 Å². The molecule has 6 heterocycles. The summed E-state index contributed by atoms with van der Waals surface area (Å²) in [7, 11) is 0.